The smallest absolute Gasteiger partial charge is 0.163 e. The number of Topliss-reactive ketones (excluding diaryl/α,β-unsaturated/α-hetero) is 1. The van der Waals surface area contributed by atoms with E-state index in [1.165, 1.54) is 12.1 Å². The Labute approximate surface area is 206 Å². The predicted molar refractivity (Wildman–Crippen MR) is 136 cm³/mol. The highest BCUT2D eigenvalue weighted by molar-refractivity contribution is 5.88. The standard InChI is InChI=1S/C29H33FN2O3/c1-19(2)32-18-25(26-8-6-7-15-31-26)28(21-9-11-22(30)12-10-21)27(32)14-13-23-17-24(16-20(3)33)35-29(4,5)34-23/h6-15,18-19,23-24H,16-17H2,1-5H3/t23-,24+/m1/s1. The molecule has 1 aromatic carbocycles. The van der Waals surface area contributed by atoms with Gasteiger partial charge in [-0.1, -0.05) is 24.3 Å². The van der Waals surface area contributed by atoms with Crippen LogP contribution in [0, 0.1) is 5.82 Å². The first-order chi connectivity index (χ1) is 16.6. The summed E-state index contributed by atoms with van der Waals surface area (Å²) >= 11 is 0. The zero-order valence-corrected chi connectivity index (χ0v) is 21.0. The highest BCUT2D eigenvalue weighted by Crippen LogP contribution is 2.39. The summed E-state index contributed by atoms with van der Waals surface area (Å²) in [6, 6.07) is 12.6. The first-order valence-corrected chi connectivity index (χ1v) is 12.1. The topological polar surface area (TPSA) is 53.4 Å². The number of aromatic nitrogens is 2. The second-order valence-electron chi connectivity index (χ2n) is 9.82. The quantitative estimate of drug-likeness (QED) is 0.375. The molecular formula is C29H33FN2O3. The Kier molecular flexibility index (Phi) is 7.33. The zero-order valence-electron chi connectivity index (χ0n) is 21.0. The van der Waals surface area contributed by atoms with Gasteiger partial charge in [-0.25, -0.2) is 4.39 Å². The number of halogens is 1. The van der Waals surface area contributed by atoms with E-state index in [0.29, 0.717) is 12.8 Å². The minimum atomic E-state index is -0.785. The molecule has 4 rings (SSSR count). The van der Waals surface area contributed by atoms with E-state index < -0.39 is 5.79 Å². The molecule has 0 bridgehead atoms. The molecule has 3 aromatic rings. The molecule has 0 radical (unpaired) electrons. The van der Waals surface area contributed by atoms with Crippen molar-refractivity contribution >= 4 is 11.9 Å². The summed E-state index contributed by atoms with van der Waals surface area (Å²) < 4.78 is 28.1. The monoisotopic (exact) mass is 476 g/mol. The van der Waals surface area contributed by atoms with Crippen LogP contribution >= 0.6 is 0 Å². The number of ketones is 1. The number of rotatable bonds is 7. The highest BCUT2D eigenvalue weighted by atomic mass is 19.1. The molecule has 6 heteroatoms. The number of nitrogens with zero attached hydrogens (tertiary/aromatic N) is 2. The van der Waals surface area contributed by atoms with Crippen LogP contribution in [-0.4, -0.2) is 33.3 Å². The Balaban J connectivity index is 1.80. The lowest BCUT2D eigenvalue weighted by molar-refractivity contribution is -0.289. The van der Waals surface area contributed by atoms with Crippen LogP contribution in [0.4, 0.5) is 4.39 Å². The molecule has 0 N–H and O–H groups in total. The Morgan fingerprint density at radius 1 is 1.20 bits per heavy atom. The molecule has 1 aliphatic heterocycles. The largest absolute Gasteiger partial charge is 0.347 e. The second-order valence-corrected chi connectivity index (χ2v) is 9.82. The van der Waals surface area contributed by atoms with Crippen LogP contribution in [0.25, 0.3) is 28.5 Å². The second kappa shape index (κ2) is 10.3. The molecule has 1 fully saturated rings. The normalized spacial score (nSPS) is 20.0. The third-order valence-corrected chi connectivity index (χ3v) is 6.07. The van der Waals surface area contributed by atoms with E-state index in [2.05, 4.69) is 35.7 Å². The van der Waals surface area contributed by atoms with Crippen LogP contribution in [0.5, 0.6) is 0 Å². The lowest BCUT2D eigenvalue weighted by Gasteiger charge is -2.39. The summed E-state index contributed by atoms with van der Waals surface area (Å²) in [6.45, 7) is 9.59. The third kappa shape index (κ3) is 5.95. The molecule has 1 aliphatic rings. The van der Waals surface area contributed by atoms with E-state index in [4.69, 9.17) is 9.47 Å². The van der Waals surface area contributed by atoms with E-state index in [9.17, 15) is 9.18 Å². The maximum Gasteiger partial charge on any atom is 0.163 e. The number of ether oxygens (including phenoxy) is 2. The van der Waals surface area contributed by atoms with Gasteiger partial charge in [0.05, 0.1) is 17.9 Å². The minimum absolute atomic E-state index is 0.0997. The van der Waals surface area contributed by atoms with Gasteiger partial charge < -0.3 is 14.0 Å². The van der Waals surface area contributed by atoms with Crippen molar-refractivity contribution in [3.63, 3.8) is 0 Å². The van der Waals surface area contributed by atoms with Crippen molar-refractivity contribution in [3.05, 3.63) is 72.4 Å². The summed E-state index contributed by atoms with van der Waals surface area (Å²) in [6.07, 6.45) is 8.56. The van der Waals surface area contributed by atoms with Gasteiger partial charge in [-0.15, -0.1) is 0 Å². The van der Waals surface area contributed by atoms with E-state index in [0.717, 1.165) is 28.1 Å². The van der Waals surface area contributed by atoms with Gasteiger partial charge in [0, 0.05) is 48.1 Å². The summed E-state index contributed by atoms with van der Waals surface area (Å²) in [4.78, 5) is 16.3. The summed E-state index contributed by atoms with van der Waals surface area (Å²) in [5.41, 5.74) is 4.72. The zero-order chi connectivity index (χ0) is 25.2. The number of hydrogen-bond donors (Lipinski definition) is 0. The molecule has 0 saturated carbocycles. The van der Waals surface area contributed by atoms with E-state index >= 15 is 0 Å². The molecule has 184 valence electrons. The van der Waals surface area contributed by atoms with E-state index in [-0.39, 0.29) is 29.9 Å². The first kappa shape index (κ1) is 25.0. The van der Waals surface area contributed by atoms with Crippen molar-refractivity contribution in [3.8, 4) is 22.4 Å². The first-order valence-electron chi connectivity index (χ1n) is 12.1. The average molecular weight is 477 g/mol. The molecule has 35 heavy (non-hydrogen) atoms. The van der Waals surface area contributed by atoms with Crippen LogP contribution in [0.1, 0.15) is 59.2 Å². The molecule has 2 atom stereocenters. The number of benzene rings is 1. The van der Waals surface area contributed by atoms with Crippen molar-refractivity contribution < 1.29 is 18.7 Å². The van der Waals surface area contributed by atoms with Crippen LogP contribution in [-0.2, 0) is 14.3 Å². The van der Waals surface area contributed by atoms with Crippen LogP contribution in [0.15, 0.2) is 60.9 Å². The molecule has 2 aromatic heterocycles. The maximum absolute atomic E-state index is 13.8. The summed E-state index contributed by atoms with van der Waals surface area (Å²) in [5, 5.41) is 0. The predicted octanol–water partition coefficient (Wildman–Crippen LogP) is 6.84. The number of carbonyl (C=O) groups excluding carboxylic acids is 1. The van der Waals surface area contributed by atoms with Gasteiger partial charge in [-0.3, -0.25) is 9.78 Å². The van der Waals surface area contributed by atoms with Crippen LogP contribution < -0.4 is 0 Å². The fourth-order valence-corrected chi connectivity index (χ4v) is 4.68. The molecule has 5 nitrogen and oxygen atoms in total. The molecule has 0 aliphatic carbocycles. The number of carbonyl (C=O) groups is 1. The van der Waals surface area contributed by atoms with Crippen molar-refractivity contribution in [2.45, 2.75) is 71.5 Å². The molecule has 0 amide bonds. The van der Waals surface area contributed by atoms with E-state index in [1.807, 2.05) is 38.1 Å². The van der Waals surface area contributed by atoms with Gasteiger partial charge >= 0.3 is 0 Å². The Bertz CT molecular complexity index is 1200. The van der Waals surface area contributed by atoms with E-state index in [1.54, 1.807) is 25.3 Å². The Morgan fingerprint density at radius 3 is 2.57 bits per heavy atom. The SMILES string of the molecule is CC(=O)C[C@H]1C[C@@H](C=Cc2c(-c3ccc(F)cc3)c(-c3ccccn3)cn2C(C)C)OC(C)(C)O1. The van der Waals surface area contributed by atoms with Gasteiger partial charge in [-0.2, -0.15) is 0 Å². The molecular weight excluding hydrogens is 443 g/mol. The fraction of sp³-hybridized carbons (Fsp3) is 0.379. The number of hydrogen-bond acceptors (Lipinski definition) is 4. The van der Waals surface area contributed by atoms with Crippen LogP contribution in [0.2, 0.25) is 0 Å². The van der Waals surface area contributed by atoms with Gasteiger partial charge in [0.2, 0.25) is 0 Å². The molecule has 0 spiro atoms. The van der Waals surface area contributed by atoms with Gasteiger partial charge in [0.15, 0.2) is 5.79 Å². The Morgan fingerprint density at radius 2 is 1.94 bits per heavy atom. The molecule has 1 saturated heterocycles. The van der Waals surface area contributed by atoms with Crippen molar-refractivity contribution in [1.82, 2.24) is 9.55 Å². The minimum Gasteiger partial charge on any atom is -0.347 e. The summed E-state index contributed by atoms with van der Waals surface area (Å²) in [5.74, 6) is -0.961. The van der Waals surface area contributed by atoms with Gasteiger partial charge in [0.25, 0.3) is 0 Å². The average Bonchev–Trinajstić information content (AvgIpc) is 3.17. The fourth-order valence-electron chi connectivity index (χ4n) is 4.68. The summed E-state index contributed by atoms with van der Waals surface area (Å²) in [7, 11) is 0. The lowest BCUT2D eigenvalue weighted by atomic mass is 9.98. The molecule has 0 unspecified atom stereocenters. The van der Waals surface area contributed by atoms with Crippen molar-refractivity contribution in [1.29, 1.82) is 0 Å². The third-order valence-electron chi connectivity index (χ3n) is 6.07. The Hall–Kier alpha value is -3.09. The lowest BCUT2D eigenvalue weighted by Crippen LogP contribution is -2.44. The highest BCUT2D eigenvalue weighted by Gasteiger charge is 2.35. The van der Waals surface area contributed by atoms with Gasteiger partial charge in [-0.05, 0) is 70.5 Å². The van der Waals surface area contributed by atoms with Gasteiger partial charge in [0.1, 0.15) is 11.6 Å². The van der Waals surface area contributed by atoms with Crippen molar-refractivity contribution in [2.24, 2.45) is 0 Å². The molecule has 3 heterocycles. The van der Waals surface area contributed by atoms with Crippen LogP contribution in [0.3, 0.4) is 0 Å². The number of pyridine rings is 1. The maximum atomic E-state index is 13.8. The van der Waals surface area contributed by atoms with Crippen molar-refractivity contribution in [2.75, 3.05) is 0 Å².